The summed E-state index contributed by atoms with van der Waals surface area (Å²) in [5, 5.41) is 9.60. The van der Waals surface area contributed by atoms with E-state index in [9.17, 15) is 14.3 Å². The van der Waals surface area contributed by atoms with Crippen LogP contribution in [0, 0.1) is 19.7 Å². The Morgan fingerprint density at radius 2 is 1.78 bits per heavy atom. The first-order valence-electron chi connectivity index (χ1n) is 5.59. The Kier molecular flexibility index (Phi) is 3.15. The number of carbonyl (C=O) groups excluding carboxylic acids is 1. The lowest BCUT2D eigenvalue weighted by Gasteiger charge is -2.06. The normalized spacial score (nSPS) is 10.4. The SMILES string of the molecule is Cc1ccc(C(=O)c2cc(F)ccc2O)cc1C. The summed E-state index contributed by atoms with van der Waals surface area (Å²) < 4.78 is 13.1. The zero-order valence-electron chi connectivity index (χ0n) is 10.2. The highest BCUT2D eigenvalue weighted by atomic mass is 19.1. The summed E-state index contributed by atoms with van der Waals surface area (Å²) in [5.41, 5.74) is 2.49. The molecule has 0 spiro atoms. The van der Waals surface area contributed by atoms with Crippen LogP contribution < -0.4 is 0 Å². The van der Waals surface area contributed by atoms with Crippen molar-refractivity contribution in [2.75, 3.05) is 0 Å². The van der Waals surface area contributed by atoms with E-state index in [2.05, 4.69) is 0 Å². The van der Waals surface area contributed by atoms with Crippen molar-refractivity contribution in [3.8, 4) is 5.75 Å². The lowest BCUT2D eigenvalue weighted by Crippen LogP contribution is -2.03. The summed E-state index contributed by atoms with van der Waals surface area (Å²) in [6.07, 6.45) is 0. The average Bonchev–Trinajstić information content (AvgIpc) is 2.35. The number of phenolic OH excluding ortho intramolecular Hbond substituents is 1. The van der Waals surface area contributed by atoms with E-state index in [1.807, 2.05) is 19.9 Å². The van der Waals surface area contributed by atoms with Crippen molar-refractivity contribution in [2.24, 2.45) is 0 Å². The zero-order chi connectivity index (χ0) is 13.3. The minimum Gasteiger partial charge on any atom is -0.507 e. The van der Waals surface area contributed by atoms with Crippen LogP contribution in [0.5, 0.6) is 5.75 Å². The fourth-order valence-electron chi connectivity index (χ4n) is 1.73. The molecule has 2 nitrogen and oxygen atoms in total. The van der Waals surface area contributed by atoms with E-state index in [1.54, 1.807) is 12.1 Å². The quantitative estimate of drug-likeness (QED) is 0.822. The van der Waals surface area contributed by atoms with Gasteiger partial charge in [0.2, 0.25) is 0 Å². The van der Waals surface area contributed by atoms with Gasteiger partial charge in [0.05, 0.1) is 5.56 Å². The maximum atomic E-state index is 13.1. The van der Waals surface area contributed by atoms with Crippen molar-refractivity contribution in [2.45, 2.75) is 13.8 Å². The van der Waals surface area contributed by atoms with Gasteiger partial charge in [0, 0.05) is 5.56 Å². The molecule has 3 heteroatoms. The van der Waals surface area contributed by atoms with Gasteiger partial charge in [-0.25, -0.2) is 4.39 Å². The molecule has 0 radical (unpaired) electrons. The van der Waals surface area contributed by atoms with E-state index in [0.717, 1.165) is 23.3 Å². The highest BCUT2D eigenvalue weighted by molar-refractivity contribution is 6.10. The number of hydrogen-bond donors (Lipinski definition) is 1. The zero-order valence-corrected chi connectivity index (χ0v) is 10.2. The highest BCUT2D eigenvalue weighted by Gasteiger charge is 2.14. The van der Waals surface area contributed by atoms with Crippen LogP contribution in [0.4, 0.5) is 4.39 Å². The number of aromatic hydroxyl groups is 1. The lowest BCUT2D eigenvalue weighted by molar-refractivity contribution is 0.103. The van der Waals surface area contributed by atoms with Crippen LogP contribution in [0.1, 0.15) is 27.0 Å². The molecule has 1 N–H and O–H groups in total. The molecule has 2 aromatic rings. The Bertz CT molecular complexity index is 618. The molecule has 2 aromatic carbocycles. The Balaban J connectivity index is 2.47. The van der Waals surface area contributed by atoms with Crippen molar-refractivity contribution >= 4 is 5.78 Å². The minimum atomic E-state index is -0.542. The topological polar surface area (TPSA) is 37.3 Å². The van der Waals surface area contributed by atoms with Crippen LogP contribution >= 0.6 is 0 Å². The van der Waals surface area contributed by atoms with Crippen molar-refractivity contribution < 1.29 is 14.3 Å². The van der Waals surface area contributed by atoms with Crippen molar-refractivity contribution in [1.29, 1.82) is 0 Å². The molecular weight excluding hydrogens is 231 g/mol. The second-order valence-electron chi connectivity index (χ2n) is 4.29. The van der Waals surface area contributed by atoms with E-state index in [1.165, 1.54) is 6.07 Å². The van der Waals surface area contributed by atoms with Gasteiger partial charge in [0.1, 0.15) is 11.6 Å². The summed E-state index contributed by atoms with van der Waals surface area (Å²) >= 11 is 0. The van der Waals surface area contributed by atoms with E-state index < -0.39 is 5.82 Å². The first-order chi connectivity index (χ1) is 8.49. The lowest BCUT2D eigenvalue weighted by atomic mass is 9.99. The number of ketones is 1. The second kappa shape index (κ2) is 4.61. The molecule has 18 heavy (non-hydrogen) atoms. The molecule has 0 aromatic heterocycles. The van der Waals surface area contributed by atoms with Crippen LogP contribution in [0.25, 0.3) is 0 Å². The number of halogens is 1. The van der Waals surface area contributed by atoms with Gasteiger partial charge in [-0.15, -0.1) is 0 Å². The van der Waals surface area contributed by atoms with Crippen LogP contribution in [0.15, 0.2) is 36.4 Å². The first-order valence-corrected chi connectivity index (χ1v) is 5.59. The third-order valence-electron chi connectivity index (χ3n) is 2.97. The van der Waals surface area contributed by atoms with Crippen molar-refractivity contribution in [3.63, 3.8) is 0 Å². The van der Waals surface area contributed by atoms with Gasteiger partial charge in [-0.1, -0.05) is 12.1 Å². The van der Waals surface area contributed by atoms with E-state index in [0.29, 0.717) is 5.56 Å². The van der Waals surface area contributed by atoms with Gasteiger partial charge in [-0.2, -0.15) is 0 Å². The second-order valence-corrected chi connectivity index (χ2v) is 4.29. The fourth-order valence-corrected chi connectivity index (χ4v) is 1.73. The third-order valence-corrected chi connectivity index (χ3v) is 2.97. The predicted octanol–water partition coefficient (Wildman–Crippen LogP) is 3.38. The summed E-state index contributed by atoms with van der Waals surface area (Å²) in [4.78, 5) is 12.2. The molecule has 0 bridgehead atoms. The van der Waals surface area contributed by atoms with Gasteiger partial charge >= 0.3 is 0 Å². The first kappa shape index (κ1) is 12.3. The molecule has 0 heterocycles. The van der Waals surface area contributed by atoms with Crippen LogP contribution in [-0.4, -0.2) is 10.9 Å². The Morgan fingerprint density at radius 1 is 1.06 bits per heavy atom. The standard InChI is InChI=1S/C15H13FO2/c1-9-3-4-11(7-10(9)2)15(18)13-8-12(16)5-6-14(13)17/h3-8,17H,1-2H3. The predicted molar refractivity (Wildman–Crippen MR) is 67.4 cm³/mol. The number of carbonyl (C=O) groups is 1. The molecule has 92 valence electrons. The maximum absolute atomic E-state index is 13.1. The number of phenols is 1. The van der Waals surface area contributed by atoms with Crippen LogP contribution in [-0.2, 0) is 0 Å². The third kappa shape index (κ3) is 2.25. The number of hydrogen-bond acceptors (Lipinski definition) is 2. The monoisotopic (exact) mass is 244 g/mol. The van der Waals surface area contributed by atoms with Crippen molar-refractivity contribution in [1.82, 2.24) is 0 Å². The molecular formula is C15H13FO2. The molecule has 0 saturated heterocycles. The van der Waals surface area contributed by atoms with Gasteiger partial charge < -0.3 is 5.11 Å². The molecule has 0 aliphatic carbocycles. The van der Waals surface area contributed by atoms with E-state index >= 15 is 0 Å². The summed E-state index contributed by atoms with van der Waals surface area (Å²) in [5.74, 6) is -1.13. The van der Waals surface area contributed by atoms with Gasteiger partial charge in [-0.3, -0.25) is 4.79 Å². The summed E-state index contributed by atoms with van der Waals surface area (Å²) in [6.45, 7) is 3.85. The maximum Gasteiger partial charge on any atom is 0.196 e. The summed E-state index contributed by atoms with van der Waals surface area (Å²) in [6, 6.07) is 8.60. The smallest absolute Gasteiger partial charge is 0.196 e. The molecule has 0 saturated carbocycles. The molecule has 0 amide bonds. The van der Waals surface area contributed by atoms with Gasteiger partial charge in [-0.05, 0) is 49.2 Å². The van der Waals surface area contributed by atoms with Crippen LogP contribution in [0.2, 0.25) is 0 Å². The average molecular weight is 244 g/mol. The molecule has 0 aliphatic heterocycles. The Morgan fingerprint density at radius 3 is 2.44 bits per heavy atom. The Hall–Kier alpha value is -2.16. The minimum absolute atomic E-state index is 0.0155. The molecule has 0 atom stereocenters. The molecule has 2 rings (SSSR count). The molecule has 0 aliphatic rings. The number of benzene rings is 2. The molecule has 0 fully saturated rings. The largest absolute Gasteiger partial charge is 0.507 e. The van der Waals surface area contributed by atoms with E-state index in [-0.39, 0.29) is 17.1 Å². The number of aryl methyl sites for hydroxylation is 2. The van der Waals surface area contributed by atoms with Gasteiger partial charge in [0.15, 0.2) is 5.78 Å². The highest BCUT2D eigenvalue weighted by Crippen LogP contribution is 2.22. The number of rotatable bonds is 2. The summed E-state index contributed by atoms with van der Waals surface area (Å²) in [7, 11) is 0. The van der Waals surface area contributed by atoms with Gasteiger partial charge in [0.25, 0.3) is 0 Å². The van der Waals surface area contributed by atoms with E-state index in [4.69, 9.17) is 0 Å². The van der Waals surface area contributed by atoms with Crippen molar-refractivity contribution in [3.05, 3.63) is 64.5 Å². The van der Waals surface area contributed by atoms with Crippen LogP contribution in [0.3, 0.4) is 0 Å². The molecule has 0 unspecified atom stereocenters. The fraction of sp³-hybridized carbons (Fsp3) is 0.133. The Labute approximate surface area is 105 Å².